The van der Waals surface area contributed by atoms with E-state index in [-0.39, 0.29) is 17.2 Å². The Balaban J connectivity index is 1.68. The second-order valence-corrected chi connectivity index (χ2v) is 7.26. The van der Waals surface area contributed by atoms with Crippen molar-refractivity contribution in [2.45, 2.75) is 24.6 Å². The summed E-state index contributed by atoms with van der Waals surface area (Å²) < 4.78 is 10.7. The normalized spacial score (nSPS) is 20.5. The van der Waals surface area contributed by atoms with Gasteiger partial charge in [-0.15, -0.1) is 11.8 Å². The summed E-state index contributed by atoms with van der Waals surface area (Å²) >= 11 is 1.61. The van der Waals surface area contributed by atoms with Crippen molar-refractivity contribution in [3.8, 4) is 11.5 Å². The van der Waals surface area contributed by atoms with Crippen molar-refractivity contribution in [3.05, 3.63) is 23.8 Å². The van der Waals surface area contributed by atoms with Crippen LogP contribution in [0.25, 0.3) is 0 Å². The van der Waals surface area contributed by atoms with E-state index in [9.17, 15) is 9.59 Å². The number of benzene rings is 1. The fourth-order valence-electron chi connectivity index (χ4n) is 3.35. The van der Waals surface area contributed by atoms with Crippen molar-refractivity contribution in [2.24, 2.45) is 0 Å². The molecule has 0 saturated carbocycles. The zero-order valence-corrected chi connectivity index (χ0v) is 15.5. The molecule has 3 rings (SSSR count). The maximum absolute atomic E-state index is 12.3. The third kappa shape index (κ3) is 3.86. The van der Waals surface area contributed by atoms with Gasteiger partial charge in [0, 0.05) is 37.7 Å². The number of rotatable bonds is 7. The zero-order chi connectivity index (χ0) is 17.8. The minimum absolute atomic E-state index is 0.0531. The molecule has 0 radical (unpaired) electrons. The molecule has 1 atom stereocenters. The lowest BCUT2D eigenvalue weighted by atomic mass is 10.1. The second-order valence-electron chi connectivity index (χ2n) is 6.20. The van der Waals surface area contributed by atoms with Crippen LogP contribution in [0.2, 0.25) is 0 Å². The average molecular weight is 364 g/mol. The number of thioether (sulfide) groups is 1. The summed E-state index contributed by atoms with van der Waals surface area (Å²) in [6, 6.07) is 5.70. The fourth-order valence-corrected chi connectivity index (χ4v) is 4.59. The predicted molar refractivity (Wildman–Crippen MR) is 96.9 cm³/mol. The summed E-state index contributed by atoms with van der Waals surface area (Å²) in [5.74, 6) is 2.30. The molecule has 0 spiro atoms. The number of carbonyl (C=O) groups excluding carboxylic acids is 2. The molecule has 2 amide bonds. The first-order chi connectivity index (χ1) is 12.1. The first-order valence-electron chi connectivity index (χ1n) is 8.55. The van der Waals surface area contributed by atoms with E-state index in [2.05, 4.69) is 0 Å². The molecule has 2 fully saturated rings. The zero-order valence-electron chi connectivity index (χ0n) is 14.7. The summed E-state index contributed by atoms with van der Waals surface area (Å²) in [5.41, 5.74) is 0.983. The van der Waals surface area contributed by atoms with Gasteiger partial charge in [-0.2, -0.15) is 0 Å². The van der Waals surface area contributed by atoms with Gasteiger partial charge in [0.15, 0.2) is 0 Å². The van der Waals surface area contributed by atoms with Gasteiger partial charge in [-0.1, -0.05) is 0 Å². The summed E-state index contributed by atoms with van der Waals surface area (Å²) in [6.07, 6.45) is 2.40. The molecule has 0 N–H and O–H groups in total. The van der Waals surface area contributed by atoms with Crippen molar-refractivity contribution in [1.29, 1.82) is 0 Å². The summed E-state index contributed by atoms with van der Waals surface area (Å²) in [7, 11) is 3.25. The van der Waals surface area contributed by atoms with Crippen LogP contribution in [0.1, 0.15) is 30.2 Å². The molecule has 2 heterocycles. The van der Waals surface area contributed by atoms with Crippen LogP contribution in [0.15, 0.2) is 18.2 Å². The number of hydrogen-bond acceptors (Lipinski definition) is 5. The van der Waals surface area contributed by atoms with Gasteiger partial charge in [-0.3, -0.25) is 9.59 Å². The smallest absolute Gasteiger partial charge is 0.233 e. The Morgan fingerprint density at radius 3 is 2.68 bits per heavy atom. The Kier molecular flexibility index (Phi) is 5.73. The van der Waals surface area contributed by atoms with E-state index in [1.165, 1.54) is 0 Å². The number of carbonyl (C=O) groups is 2. The van der Waals surface area contributed by atoms with Crippen molar-refractivity contribution in [1.82, 2.24) is 9.80 Å². The van der Waals surface area contributed by atoms with Gasteiger partial charge in [0.1, 0.15) is 16.9 Å². The van der Waals surface area contributed by atoms with Gasteiger partial charge < -0.3 is 19.3 Å². The maximum Gasteiger partial charge on any atom is 0.233 e. The number of likely N-dealkylation sites (tertiary alicyclic amines) is 1. The van der Waals surface area contributed by atoms with Crippen molar-refractivity contribution in [2.75, 3.05) is 39.6 Å². The number of ether oxygens (including phenoxy) is 2. The lowest BCUT2D eigenvalue weighted by Crippen LogP contribution is -2.33. The molecular weight excluding hydrogens is 340 g/mol. The highest BCUT2D eigenvalue weighted by molar-refractivity contribution is 8.00. The minimum Gasteiger partial charge on any atom is -0.497 e. The summed E-state index contributed by atoms with van der Waals surface area (Å²) in [6.45, 7) is 2.21. The summed E-state index contributed by atoms with van der Waals surface area (Å²) in [4.78, 5) is 27.8. The van der Waals surface area contributed by atoms with E-state index in [0.29, 0.717) is 18.7 Å². The van der Waals surface area contributed by atoms with E-state index < -0.39 is 0 Å². The van der Waals surface area contributed by atoms with Crippen molar-refractivity contribution >= 4 is 23.6 Å². The van der Waals surface area contributed by atoms with Gasteiger partial charge in [0.2, 0.25) is 11.8 Å². The molecule has 6 nitrogen and oxygen atoms in total. The molecule has 2 saturated heterocycles. The second kappa shape index (κ2) is 7.99. The SMILES string of the molecule is COc1ccc(C2SCC(=O)N2CCCN2CCCC2=O)c(OC)c1. The average Bonchev–Trinajstić information content (AvgIpc) is 3.20. The van der Waals surface area contributed by atoms with Crippen LogP contribution in [0.3, 0.4) is 0 Å². The van der Waals surface area contributed by atoms with E-state index in [1.54, 1.807) is 26.0 Å². The molecule has 1 aromatic carbocycles. The molecule has 2 aliphatic heterocycles. The number of methoxy groups -OCH3 is 2. The molecule has 7 heteroatoms. The maximum atomic E-state index is 12.3. The largest absolute Gasteiger partial charge is 0.497 e. The number of amides is 2. The van der Waals surface area contributed by atoms with Gasteiger partial charge in [-0.05, 0) is 25.0 Å². The first kappa shape index (κ1) is 17.9. The highest BCUT2D eigenvalue weighted by Crippen LogP contribution is 2.43. The van der Waals surface area contributed by atoms with Gasteiger partial charge in [0.05, 0.1) is 20.0 Å². The van der Waals surface area contributed by atoms with E-state index >= 15 is 0 Å². The van der Waals surface area contributed by atoms with Crippen LogP contribution in [-0.2, 0) is 9.59 Å². The van der Waals surface area contributed by atoms with Crippen molar-refractivity contribution in [3.63, 3.8) is 0 Å². The van der Waals surface area contributed by atoms with E-state index in [1.807, 2.05) is 28.0 Å². The molecule has 0 aromatic heterocycles. The predicted octanol–water partition coefficient (Wildman–Crippen LogP) is 2.29. The van der Waals surface area contributed by atoms with Crippen molar-refractivity contribution < 1.29 is 19.1 Å². The first-order valence-corrected chi connectivity index (χ1v) is 9.59. The van der Waals surface area contributed by atoms with Crippen LogP contribution in [0.5, 0.6) is 11.5 Å². The van der Waals surface area contributed by atoms with E-state index in [0.717, 1.165) is 43.0 Å². The standard InChI is InChI=1S/C18H24N2O4S/c1-23-13-6-7-14(15(11-13)24-2)18-20(17(22)12-25-18)10-4-9-19-8-3-5-16(19)21/h6-7,11,18H,3-5,8-10,12H2,1-2H3. The minimum atomic E-state index is -0.0531. The Morgan fingerprint density at radius 1 is 1.16 bits per heavy atom. The molecule has 0 bridgehead atoms. The highest BCUT2D eigenvalue weighted by Gasteiger charge is 2.34. The Bertz CT molecular complexity index is 652. The van der Waals surface area contributed by atoms with Crippen LogP contribution in [0, 0.1) is 0 Å². The Labute approximate surface area is 152 Å². The Hall–Kier alpha value is -1.89. The van der Waals surface area contributed by atoms with E-state index in [4.69, 9.17) is 9.47 Å². The Morgan fingerprint density at radius 2 is 2.00 bits per heavy atom. The third-order valence-corrected chi connectivity index (χ3v) is 5.91. The molecular formula is C18H24N2O4S. The van der Waals surface area contributed by atoms with Crippen LogP contribution >= 0.6 is 11.8 Å². The number of hydrogen-bond donors (Lipinski definition) is 0. The summed E-state index contributed by atoms with van der Waals surface area (Å²) in [5, 5.41) is -0.0531. The molecule has 25 heavy (non-hydrogen) atoms. The highest BCUT2D eigenvalue weighted by atomic mass is 32.2. The van der Waals surface area contributed by atoms with Gasteiger partial charge in [-0.25, -0.2) is 0 Å². The quantitative estimate of drug-likeness (QED) is 0.743. The molecule has 136 valence electrons. The fraction of sp³-hybridized carbons (Fsp3) is 0.556. The molecule has 1 aromatic rings. The monoisotopic (exact) mass is 364 g/mol. The molecule has 2 aliphatic rings. The lowest BCUT2D eigenvalue weighted by Gasteiger charge is -2.26. The van der Waals surface area contributed by atoms with Gasteiger partial charge >= 0.3 is 0 Å². The third-order valence-electron chi connectivity index (χ3n) is 4.67. The number of nitrogens with zero attached hydrogens (tertiary/aromatic N) is 2. The molecule has 0 aliphatic carbocycles. The molecule has 1 unspecified atom stereocenters. The van der Waals surface area contributed by atoms with Crippen LogP contribution in [-0.4, -0.2) is 61.2 Å². The topological polar surface area (TPSA) is 59.1 Å². The van der Waals surface area contributed by atoms with Crippen LogP contribution in [0.4, 0.5) is 0 Å². The lowest BCUT2D eigenvalue weighted by molar-refractivity contribution is -0.128. The van der Waals surface area contributed by atoms with Crippen LogP contribution < -0.4 is 9.47 Å². The van der Waals surface area contributed by atoms with Gasteiger partial charge in [0.25, 0.3) is 0 Å².